The summed E-state index contributed by atoms with van der Waals surface area (Å²) >= 11 is 0. The van der Waals surface area contributed by atoms with Crippen LogP contribution < -0.4 is 15.4 Å². The summed E-state index contributed by atoms with van der Waals surface area (Å²) in [5.41, 5.74) is 7.77. The van der Waals surface area contributed by atoms with Gasteiger partial charge in [-0.3, -0.25) is 0 Å². The van der Waals surface area contributed by atoms with Crippen LogP contribution in [-0.2, 0) is 0 Å². The summed E-state index contributed by atoms with van der Waals surface area (Å²) in [6, 6.07) is 5.78. The van der Waals surface area contributed by atoms with Gasteiger partial charge in [0.25, 0.3) is 0 Å². The molecule has 0 spiro atoms. The number of hydrogen-bond donors (Lipinski definition) is 1. The van der Waals surface area contributed by atoms with E-state index in [2.05, 4.69) is 25.8 Å². The third-order valence-electron chi connectivity index (χ3n) is 2.28. The Morgan fingerprint density at radius 1 is 1.40 bits per heavy atom. The van der Waals surface area contributed by atoms with E-state index in [1.165, 1.54) is 0 Å². The third kappa shape index (κ3) is 3.05. The molecule has 0 aliphatic carbocycles. The predicted octanol–water partition coefficient (Wildman–Crippen LogP) is 2.37. The molecule has 84 valence electrons. The van der Waals surface area contributed by atoms with Crippen molar-refractivity contribution in [3.8, 4) is 5.75 Å². The Morgan fingerprint density at radius 3 is 2.53 bits per heavy atom. The molecule has 1 aromatic carbocycles. The first-order valence-corrected chi connectivity index (χ1v) is 5.19. The smallest absolute Gasteiger partial charge is 0.121 e. The fourth-order valence-corrected chi connectivity index (χ4v) is 1.65. The van der Waals surface area contributed by atoms with Crippen LogP contribution in [0.25, 0.3) is 0 Å². The minimum atomic E-state index is 0.622. The van der Waals surface area contributed by atoms with Gasteiger partial charge in [0, 0.05) is 19.7 Å². The van der Waals surface area contributed by atoms with Crippen molar-refractivity contribution in [2.45, 2.75) is 13.8 Å². The van der Waals surface area contributed by atoms with Gasteiger partial charge in [0.2, 0.25) is 0 Å². The maximum absolute atomic E-state index is 5.95. The molecule has 0 bridgehead atoms. The molecule has 1 aromatic rings. The van der Waals surface area contributed by atoms with Crippen molar-refractivity contribution in [3.05, 3.63) is 18.2 Å². The van der Waals surface area contributed by atoms with Crippen molar-refractivity contribution >= 4 is 11.4 Å². The van der Waals surface area contributed by atoms with Crippen LogP contribution in [0.15, 0.2) is 18.2 Å². The first-order chi connectivity index (χ1) is 7.04. The van der Waals surface area contributed by atoms with Crippen molar-refractivity contribution in [2.75, 3.05) is 31.3 Å². The summed E-state index contributed by atoms with van der Waals surface area (Å²) in [4.78, 5) is 2.17. The Kier molecular flexibility index (Phi) is 3.83. The Hall–Kier alpha value is -1.38. The van der Waals surface area contributed by atoms with Gasteiger partial charge < -0.3 is 15.4 Å². The molecular formula is C12H20N2O. The van der Waals surface area contributed by atoms with Crippen LogP contribution in [0.2, 0.25) is 0 Å². The van der Waals surface area contributed by atoms with Crippen molar-refractivity contribution in [1.82, 2.24) is 0 Å². The highest BCUT2D eigenvalue weighted by Crippen LogP contribution is 2.27. The normalized spacial score (nSPS) is 10.5. The van der Waals surface area contributed by atoms with Gasteiger partial charge >= 0.3 is 0 Å². The second-order valence-corrected chi connectivity index (χ2v) is 4.20. The number of benzene rings is 1. The van der Waals surface area contributed by atoms with E-state index in [4.69, 9.17) is 10.5 Å². The quantitative estimate of drug-likeness (QED) is 0.772. The van der Waals surface area contributed by atoms with Gasteiger partial charge in [0.15, 0.2) is 0 Å². The van der Waals surface area contributed by atoms with E-state index >= 15 is 0 Å². The number of hydrogen-bond acceptors (Lipinski definition) is 3. The maximum Gasteiger partial charge on any atom is 0.121 e. The molecule has 0 fully saturated rings. The van der Waals surface area contributed by atoms with E-state index in [1.807, 2.05) is 18.2 Å². The SMILES string of the molecule is COc1ccc(N(C)CC(C)C)c(N)c1. The molecule has 0 saturated heterocycles. The second kappa shape index (κ2) is 4.91. The lowest BCUT2D eigenvalue weighted by atomic mass is 10.2. The van der Waals surface area contributed by atoms with Crippen molar-refractivity contribution in [2.24, 2.45) is 5.92 Å². The third-order valence-corrected chi connectivity index (χ3v) is 2.28. The van der Waals surface area contributed by atoms with Crippen molar-refractivity contribution < 1.29 is 4.74 Å². The topological polar surface area (TPSA) is 38.5 Å². The molecule has 0 aromatic heterocycles. The number of methoxy groups -OCH3 is 1. The van der Waals surface area contributed by atoms with Crippen LogP contribution in [0.4, 0.5) is 11.4 Å². The van der Waals surface area contributed by atoms with Crippen LogP contribution in [-0.4, -0.2) is 20.7 Å². The molecule has 0 atom stereocenters. The van der Waals surface area contributed by atoms with Crippen LogP contribution in [0.3, 0.4) is 0 Å². The molecule has 15 heavy (non-hydrogen) atoms. The minimum Gasteiger partial charge on any atom is -0.497 e. The fourth-order valence-electron chi connectivity index (χ4n) is 1.65. The van der Waals surface area contributed by atoms with E-state index in [1.54, 1.807) is 7.11 Å². The molecule has 3 heteroatoms. The van der Waals surface area contributed by atoms with E-state index in [0.717, 1.165) is 23.7 Å². The Labute approximate surface area is 91.8 Å². The summed E-state index contributed by atoms with van der Waals surface area (Å²) in [6.07, 6.45) is 0. The Bertz CT molecular complexity index is 323. The molecule has 1 rings (SSSR count). The number of nitrogens with zero attached hydrogens (tertiary/aromatic N) is 1. The number of ether oxygens (including phenoxy) is 1. The summed E-state index contributed by atoms with van der Waals surface area (Å²) in [5.74, 6) is 1.42. The van der Waals surface area contributed by atoms with Gasteiger partial charge in [-0.05, 0) is 18.1 Å². The summed E-state index contributed by atoms with van der Waals surface area (Å²) < 4.78 is 5.11. The van der Waals surface area contributed by atoms with Gasteiger partial charge in [0.05, 0.1) is 18.5 Å². The average Bonchev–Trinajstić information content (AvgIpc) is 2.16. The van der Waals surface area contributed by atoms with Gasteiger partial charge in [-0.2, -0.15) is 0 Å². The number of nitrogens with two attached hydrogens (primary N) is 1. The first-order valence-electron chi connectivity index (χ1n) is 5.19. The van der Waals surface area contributed by atoms with E-state index in [9.17, 15) is 0 Å². The number of rotatable bonds is 4. The van der Waals surface area contributed by atoms with Crippen LogP contribution in [0.1, 0.15) is 13.8 Å². The van der Waals surface area contributed by atoms with Crippen LogP contribution in [0.5, 0.6) is 5.75 Å². The van der Waals surface area contributed by atoms with Crippen molar-refractivity contribution in [3.63, 3.8) is 0 Å². The molecule has 0 unspecified atom stereocenters. The lowest BCUT2D eigenvalue weighted by Gasteiger charge is -2.23. The molecule has 0 aliphatic heterocycles. The highest BCUT2D eigenvalue weighted by atomic mass is 16.5. The van der Waals surface area contributed by atoms with E-state index in [0.29, 0.717) is 5.92 Å². The fraction of sp³-hybridized carbons (Fsp3) is 0.500. The van der Waals surface area contributed by atoms with Crippen LogP contribution in [0, 0.1) is 5.92 Å². The zero-order valence-corrected chi connectivity index (χ0v) is 9.95. The Morgan fingerprint density at radius 2 is 2.07 bits per heavy atom. The highest BCUT2D eigenvalue weighted by molar-refractivity contribution is 5.69. The van der Waals surface area contributed by atoms with Crippen molar-refractivity contribution in [1.29, 1.82) is 0 Å². The van der Waals surface area contributed by atoms with Gasteiger partial charge in [-0.15, -0.1) is 0 Å². The second-order valence-electron chi connectivity index (χ2n) is 4.20. The zero-order valence-electron chi connectivity index (χ0n) is 9.95. The summed E-state index contributed by atoms with van der Waals surface area (Å²) in [7, 11) is 3.70. The molecule has 0 amide bonds. The molecular weight excluding hydrogens is 188 g/mol. The Balaban J connectivity index is 2.85. The molecule has 0 saturated carbocycles. The largest absolute Gasteiger partial charge is 0.497 e. The van der Waals surface area contributed by atoms with Crippen LogP contribution >= 0.6 is 0 Å². The average molecular weight is 208 g/mol. The minimum absolute atomic E-state index is 0.622. The molecule has 3 nitrogen and oxygen atoms in total. The maximum atomic E-state index is 5.95. The predicted molar refractivity (Wildman–Crippen MR) is 65.5 cm³/mol. The standard InChI is InChI=1S/C12H20N2O/c1-9(2)8-14(3)12-6-5-10(15-4)7-11(12)13/h5-7,9H,8,13H2,1-4H3. The lowest BCUT2D eigenvalue weighted by molar-refractivity contribution is 0.415. The molecule has 0 radical (unpaired) electrons. The highest BCUT2D eigenvalue weighted by Gasteiger charge is 2.07. The first kappa shape index (κ1) is 11.7. The van der Waals surface area contributed by atoms with E-state index in [-0.39, 0.29) is 0 Å². The van der Waals surface area contributed by atoms with Gasteiger partial charge in [-0.1, -0.05) is 13.8 Å². The molecule has 0 aliphatic rings. The molecule has 0 heterocycles. The van der Waals surface area contributed by atoms with Gasteiger partial charge in [0.1, 0.15) is 5.75 Å². The van der Waals surface area contributed by atoms with Gasteiger partial charge in [-0.25, -0.2) is 0 Å². The zero-order chi connectivity index (χ0) is 11.4. The summed E-state index contributed by atoms with van der Waals surface area (Å²) in [5, 5.41) is 0. The monoisotopic (exact) mass is 208 g/mol. The summed E-state index contributed by atoms with van der Waals surface area (Å²) in [6.45, 7) is 5.38. The van der Waals surface area contributed by atoms with E-state index < -0.39 is 0 Å². The number of anilines is 2. The number of nitrogen functional groups attached to an aromatic ring is 1. The molecule has 2 N–H and O–H groups in total. The lowest BCUT2D eigenvalue weighted by Crippen LogP contribution is -2.23.